The number of hydrogen-bond acceptors (Lipinski definition) is 4. The van der Waals surface area contributed by atoms with Crippen molar-refractivity contribution in [3.63, 3.8) is 0 Å². The van der Waals surface area contributed by atoms with Crippen molar-refractivity contribution in [1.29, 1.82) is 0 Å². The third kappa shape index (κ3) is 3.84. The molecular weight excluding hydrogens is 342 g/mol. The van der Waals surface area contributed by atoms with Gasteiger partial charge in [-0.1, -0.05) is 32.4 Å². The Bertz CT molecular complexity index is 692. The van der Waals surface area contributed by atoms with Crippen molar-refractivity contribution in [3.8, 4) is 5.75 Å². The van der Waals surface area contributed by atoms with Crippen LogP contribution in [-0.4, -0.2) is 29.9 Å². The van der Waals surface area contributed by atoms with Crippen LogP contribution in [0.4, 0.5) is 8.78 Å². The van der Waals surface area contributed by atoms with E-state index in [1.165, 1.54) is 0 Å². The van der Waals surface area contributed by atoms with Gasteiger partial charge in [0.2, 0.25) is 5.91 Å². The quantitative estimate of drug-likeness (QED) is 0.793. The zero-order valence-corrected chi connectivity index (χ0v) is 14.4. The molecule has 1 heterocycles. The number of nitrogens with zero attached hydrogens (tertiary/aromatic N) is 1. The van der Waals surface area contributed by atoms with Crippen molar-refractivity contribution < 1.29 is 23.4 Å². The molecule has 2 N–H and O–H groups in total. The minimum Gasteiger partial charge on any atom is -0.488 e. The average molecular weight is 361 g/mol. The SMILES string of the molecule is CC1CC(=O)NN=C1c1cc(F)c(OCC(C)(C)CO)c(Cl)c1F. The molecule has 1 aliphatic rings. The van der Waals surface area contributed by atoms with E-state index in [0.29, 0.717) is 0 Å². The van der Waals surface area contributed by atoms with Crippen LogP contribution in [0.15, 0.2) is 11.2 Å². The molecule has 0 fully saturated rings. The molecule has 1 unspecified atom stereocenters. The molecule has 1 aromatic rings. The van der Waals surface area contributed by atoms with Crippen molar-refractivity contribution in [2.75, 3.05) is 13.2 Å². The van der Waals surface area contributed by atoms with Gasteiger partial charge in [-0.15, -0.1) is 0 Å². The molecule has 1 atom stereocenters. The van der Waals surface area contributed by atoms with Gasteiger partial charge in [-0.05, 0) is 6.07 Å². The fourth-order valence-electron chi connectivity index (χ4n) is 2.19. The highest BCUT2D eigenvalue weighted by Crippen LogP contribution is 2.35. The van der Waals surface area contributed by atoms with Gasteiger partial charge in [0, 0.05) is 23.3 Å². The number of halogens is 3. The number of aliphatic hydroxyl groups is 1. The zero-order valence-electron chi connectivity index (χ0n) is 13.6. The van der Waals surface area contributed by atoms with Crippen molar-refractivity contribution in [2.24, 2.45) is 16.4 Å². The Morgan fingerprint density at radius 3 is 2.75 bits per heavy atom. The maximum atomic E-state index is 14.6. The molecule has 0 aliphatic carbocycles. The van der Waals surface area contributed by atoms with Gasteiger partial charge in [0.25, 0.3) is 0 Å². The van der Waals surface area contributed by atoms with Crippen molar-refractivity contribution in [1.82, 2.24) is 5.43 Å². The largest absolute Gasteiger partial charge is 0.488 e. The normalized spacial score (nSPS) is 18.2. The Kier molecular flexibility index (Phi) is 5.45. The first-order valence-electron chi connectivity index (χ1n) is 7.44. The average Bonchev–Trinajstić information content (AvgIpc) is 2.51. The molecule has 5 nitrogen and oxygen atoms in total. The van der Waals surface area contributed by atoms with E-state index in [1.807, 2.05) is 0 Å². The summed E-state index contributed by atoms with van der Waals surface area (Å²) in [6.45, 7) is 4.90. The molecule has 0 saturated carbocycles. The Labute approximate surface area is 143 Å². The lowest BCUT2D eigenvalue weighted by atomic mass is 9.93. The number of aliphatic hydroxyl groups excluding tert-OH is 1. The van der Waals surface area contributed by atoms with Gasteiger partial charge in [0.15, 0.2) is 17.4 Å². The lowest BCUT2D eigenvalue weighted by molar-refractivity contribution is -0.121. The van der Waals surface area contributed by atoms with Gasteiger partial charge in [0.1, 0.15) is 5.02 Å². The highest BCUT2D eigenvalue weighted by molar-refractivity contribution is 6.32. The summed E-state index contributed by atoms with van der Waals surface area (Å²) >= 11 is 5.93. The lowest BCUT2D eigenvalue weighted by Gasteiger charge is -2.23. The van der Waals surface area contributed by atoms with Crippen LogP contribution in [-0.2, 0) is 4.79 Å². The number of hydrogen-bond donors (Lipinski definition) is 2. The molecule has 132 valence electrons. The van der Waals surface area contributed by atoms with Crippen LogP contribution in [0, 0.1) is 23.0 Å². The molecule has 24 heavy (non-hydrogen) atoms. The van der Waals surface area contributed by atoms with Gasteiger partial charge >= 0.3 is 0 Å². The van der Waals surface area contributed by atoms with Crippen molar-refractivity contribution in [2.45, 2.75) is 27.2 Å². The van der Waals surface area contributed by atoms with Crippen LogP contribution < -0.4 is 10.2 Å². The van der Waals surface area contributed by atoms with E-state index >= 15 is 0 Å². The number of carbonyl (C=O) groups is 1. The van der Waals surface area contributed by atoms with E-state index in [9.17, 15) is 18.7 Å². The summed E-state index contributed by atoms with van der Waals surface area (Å²) in [5, 5.41) is 12.5. The number of carbonyl (C=O) groups excluding carboxylic acids is 1. The number of rotatable bonds is 5. The number of amides is 1. The molecule has 1 amide bonds. The first-order chi connectivity index (χ1) is 11.2. The third-order valence-corrected chi connectivity index (χ3v) is 4.02. The summed E-state index contributed by atoms with van der Waals surface area (Å²) in [5.74, 6) is -2.77. The van der Waals surface area contributed by atoms with Crippen LogP contribution in [0.1, 0.15) is 32.8 Å². The molecule has 2 rings (SSSR count). The van der Waals surface area contributed by atoms with E-state index in [2.05, 4.69) is 10.5 Å². The number of benzene rings is 1. The van der Waals surface area contributed by atoms with E-state index in [1.54, 1.807) is 20.8 Å². The number of ether oxygens (including phenoxy) is 1. The minimum atomic E-state index is -0.864. The summed E-state index contributed by atoms with van der Waals surface area (Å²) in [5.41, 5.74) is 1.73. The topological polar surface area (TPSA) is 70.9 Å². The lowest BCUT2D eigenvalue weighted by Crippen LogP contribution is -2.32. The molecule has 0 bridgehead atoms. The molecule has 0 aromatic heterocycles. The first kappa shape index (κ1) is 18.6. The predicted octanol–water partition coefficient (Wildman–Crippen LogP) is 2.88. The van der Waals surface area contributed by atoms with Gasteiger partial charge in [-0.2, -0.15) is 5.10 Å². The molecule has 0 saturated heterocycles. The number of hydrazone groups is 1. The van der Waals surface area contributed by atoms with Gasteiger partial charge < -0.3 is 9.84 Å². The molecule has 0 radical (unpaired) electrons. The van der Waals surface area contributed by atoms with E-state index in [0.717, 1.165) is 6.07 Å². The highest BCUT2D eigenvalue weighted by atomic mass is 35.5. The smallest absolute Gasteiger partial charge is 0.240 e. The standard InChI is InChI=1S/C16H19ClF2N2O3/c1-8-4-11(23)20-21-14(8)9-5-10(18)15(12(17)13(9)19)24-7-16(2,3)6-22/h5,8,22H,4,6-7H2,1-3H3,(H,20,23). The Balaban J connectivity index is 2.37. The maximum Gasteiger partial charge on any atom is 0.240 e. The van der Waals surface area contributed by atoms with Crippen molar-refractivity contribution in [3.05, 3.63) is 28.3 Å². The van der Waals surface area contributed by atoms with E-state index in [4.69, 9.17) is 16.3 Å². The van der Waals surface area contributed by atoms with Gasteiger partial charge in [-0.3, -0.25) is 4.79 Å². The van der Waals surface area contributed by atoms with Crippen LogP contribution >= 0.6 is 11.6 Å². The number of nitrogens with one attached hydrogen (secondary N) is 1. The van der Waals surface area contributed by atoms with Gasteiger partial charge in [0.05, 0.1) is 18.9 Å². The summed E-state index contributed by atoms with van der Waals surface area (Å²) in [6.07, 6.45) is 0.125. The summed E-state index contributed by atoms with van der Waals surface area (Å²) in [4.78, 5) is 11.3. The fourth-order valence-corrected chi connectivity index (χ4v) is 2.44. The van der Waals surface area contributed by atoms with Crippen LogP contribution in [0.25, 0.3) is 0 Å². The maximum absolute atomic E-state index is 14.6. The summed E-state index contributed by atoms with van der Waals surface area (Å²) < 4.78 is 34.2. The van der Waals surface area contributed by atoms with Crippen LogP contribution in [0.5, 0.6) is 5.75 Å². The molecule has 1 aromatic carbocycles. The second-order valence-corrected chi connectivity index (χ2v) is 6.99. The van der Waals surface area contributed by atoms with Gasteiger partial charge in [-0.25, -0.2) is 14.2 Å². The second kappa shape index (κ2) is 7.03. The van der Waals surface area contributed by atoms with Crippen LogP contribution in [0.3, 0.4) is 0 Å². The minimum absolute atomic E-state index is 0.0354. The molecule has 8 heteroatoms. The fraction of sp³-hybridized carbons (Fsp3) is 0.500. The Hall–Kier alpha value is -1.73. The first-order valence-corrected chi connectivity index (χ1v) is 7.82. The zero-order chi connectivity index (χ0) is 18.1. The molecule has 0 spiro atoms. The Morgan fingerprint density at radius 1 is 1.50 bits per heavy atom. The van der Waals surface area contributed by atoms with Crippen LogP contribution in [0.2, 0.25) is 5.02 Å². The highest BCUT2D eigenvalue weighted by Gasteiger charge is 2.28. The van der Waals surface area contributed by atoms with E-state index in [-0.39, 0.29) is 42.7 Å². The van der Waals surface area contributed by atoms with E-state index < -0.39 is 27.8 Å². The second-order valence-electron chi connectivity index (χ2n) is 6.61. The molecule has 1 aliphatic heterocycles. The van der Waals surface area contributed by atoms with Crippen molar-refractivity contribution >= 4 is 23.2 Å². The third-order valence-electron chi connectivity index (χ3n) is 3.69. The predicted molar refractivity (Wildman–Crippen MR) is 86.2 cm³/mol. The Morgan fingerprint density at radius 2 is 2.17 bits per heavy atom. The monoisotopic (exact) mass is 360 g/mol. The summed E-state index contributed by atoms with van der Waals surface area (Å²) in [6, 6.07) is 0.954. The molecular formula is C16H19ClF2N2O3. The summed E-state index contributed by atoms with van der Waals surface area (Å²) in [7, 11) is 0.